The monoisotopic (exact) mass is 547 g/mol. The number of nitrogens with one attached hydrogen (secondary N) is 1. The summed E-state index contributed by atoms with van der Waals surface area (Å²) in [6, 6.07) is 15.7. The van der Waals surface area contributed by atoms with E-state index in [1.165, 1.54) is 12.1 Å². The van der Waals surface area contributed by atoms with E-state index in [-0.39, 0.29) is 24.8 Å². The first kappa shape index (κ1) is 25.8. The van der Waals surface area contributed by atoms with Crippen LogP contribution >= 0.6 is 51.5 Å². The van der Waals surface area contributed by atoms with Crippen molar-refractivity contribution >= 4 is 51.5 Å². The molecule has 0 bridgehead atoms. The van der Waals surface area contributed by atoms with Gasteiger partial charge < -0.3 is 14.8 Å². The molecule has 0 aliphatic heterocycles. The second kappa shape index (κ2) is 12.5. The van der Waals surface area contributed by atoms with Crippen LogP contribution in [0.1, 0.15) is 23.6 Å². The van der Waals surface area contributed by atoms with E-state index < -0.39 is 0 Å². The second-order valence-corrected chi connectivity index (χ2v) is 8.29. The molecule has 0 heterocycles. The second-order valence-electron chi connectivity index (χ2n) is 6.59. The van der Waals surface area contributed by atoms with Gasteiger partial charge in [-0.3, -0.25) is 0 Å². The van der Waals surface area contributed by atoms with E-state index in [0.29, 0.717) is 41.2 Å². The Labute approximate surface area is 206 Å². The molecule has 0 unspecified atom stereocenters. The summed E-state index contributed by atoms with van der Waals surface area (Å²) in [5.74, 6) is 1.03. The van der Waals surface area contributed by atoms with Gasteiger partial charge in [-0.05, 0) is 70.4 Å². The lowest BCUT2D eigenvalue weighted by Crippen LogP contribution is -2.13. The third-order valence-electron chi connectivity index (χ3n) is 4.33. The predicted octanol–water partition coefficient (Wildman–Crippen LogP) is 7.58. The molecule has 0 aliphatic carbocycles. The number of ether oxygens (including phenoxy) is 2. The van der Waals surface area contributed by atoms with Gasteiger partial charge in [0.2, 0.25) is 0 Å². The summed E-state index contributed by atoms with van der Waals surface area (Å²) in [4.78, 5) is 0. The van der Waals surface area contributed by atoms with Crippen molar-refractivity contribution in [3.63, 3.8) is 0 Å². The zero-order valence-corrected chi connectivity index (χ0v) is 20.7. The van der Waals surface area contributed by atoms with Crippen molar-refractivity contribution in [1.29, 1.82) is 0 Å². The summed E-state index contributed by atoms with van der Waals surface area (Å²) in [7, 11) is 0. The molecule has 0 fully saturated rings. The van der Waals surface area contributed by atoms with Crippen LogP contribution in [0.3, 0.4) is 0 Å². The van der Waals surface area contributed by atoms with Crippen LogP contribution in [0.5, 0.6) is 11.5 Å². The van der Waals surface area contributed by atoms with E-state index in [2.05, 4.69) is 21.2 Å². The highest BCUT2D eigenvalue weighted by Crippen LogP contribution is 2.38. The summed E-state index contributed by atoms with van der Waals surface area (Å²) in [6.45, 7) is 3.98. The lowest BCUT2D eigenvalue weighted by atomic mass is 10.1. The Bertz CT molecular complexity index is 1000. The molecule has 3 aromatic carbocycles. The highest BCUT2D eigenvalue weighted by atomic mass is 79.9. The van der Waals surface area contributed by atoms with Crippen molar-refractivity contribution < 1.29 is 13.9 Å². The zero-order valence-electron chi connectivity index (χ0n) is 16.8. The van der Waals surface area contributed by atoms with Gasteiger partial charge in [-0.15, -0.1) is 12.4 Å². The van der Waals surface area contributed by atoms with E-state index in [9.17, 15) is 4.39 Å². The molecule has 0 radical (unpaired) electrons. The molecule has 0 atom stereocenters. The largest absolute Gasteiger partial charge is 0.490 e. The lowest BCUT2D eigenvalue weighted by Gasteiger charge is -2.16. The quantitative estimate of drug-likeness (QED) is 0.298. The molecule has 1 N–H and O–H groups in total. The molecule has 31 heavy (non-hydrogen) atoms. The molecule has 0 amide bonds. The molecule has 0 aliphatic rings. The fourth-order valence-electron chi connectivity index (χ4n) is 2.87. The first-order chi connectivity index (χ1) is 14.5. The van der Waals surface area contributed by atoms with Gasteiger partial charge in [-0.2, -0.15) is 0 Å². The highest BCUT2D eigenvalue weighted by Gasteiger charge is 2.13. The normalized spacial score (nSPS) is 10.5. The van der Waals surface area contributed by atoms with Gasteiger partial charge in [0.25, 0.3) is 0 Å². The number of hydrogen-bond acceptors (Lipinski definition) is 3. The SMILES string of the molecule is CCOc1cc(CNCc2ccc(F)cc2)cc(Br)c1OCc1ccc(Cl)cc1Cl.Cl. The fourth-order valence-corrected chi connectivity index (χ4v) is 3.94. The third kappa shape index (κ3) is 7.55. The van der Waals surface area contributed by atoms with Crippen molar-refractivity contribution in [3.05, 3.63) is 91.6 Å². The fraction of sp³-hybridized carbons (Fsp3) is 0.217. The lowest BCUT2D eigenvalue weighted by molar-refractivity contribution is 0.267. The molecular weight excluding hydrogens is 528 g/mol. The minimum Gasteiger partial charge on any atom is -0.490 e. The van der Waals surface area contributed by atoms with Gasteiger partial charge >= 0.3 is 0 Å². The van der Waals surface area contributed by atoms with Crippen molar-refractivity contribution in [1.82, 2.24) is 5.32 Å². The predicted molar refractivity (Wildman–Crippen MR) is 130 cm³/mol. The molecule has 8 heteroatoms. The van der Waals surface area contributed by atoms with Gasteiger partial charge in [0.15, 0.2) is 11.5 Å². The van der Waals surface area contributed by atoms with Crippen LogP contribution in [0, 0.1) is 5.82 Å². The van der Waals surface area contributed by atoms with E-state index in [1.54, 1.807) is 24.3 Å². The average molecular weight is 550 g/mol. The maximum absolute atomic E-state index is 13.0. The number of halogens is 5. The van der Waals surface area contributed by atoms with Crippen LogP contribution in [0.15, 0.2) is 59.1 Å². The number of rotatable bonds is 9. The van der Waals surface area contributed by atoms with E-state index in [0.717, 1.165) is 21.2 Å². The Hall–Kier alpha value is -1.50. The summed E-state index contributed by atoms with van der Waals surface area (Å²) in [6.07, 6.45) is 0. The molecule has 3 aromatic rings. The maximum Gasteiger partial charge on any atom is 0.175 e. The Morgan fingerprint density at radius 1 is 0.935 bits per heavy atom. The molecule has 3 rings (SSSR count). The molecule has 166 valence electrons. The van der Waals surface area contributed by atoms with Crippen LogP contribution < -0.4 is 14.8 Å². The Morgan fingerprint density at radius 3 is 2.32 bits per heavy atom. The van der Waals surface area contributed by atoms with Crippen molar-refractivity contribution in [2.24, 2.45) is 0 Å². The Morgan fingerprint density at radius 2 is 1.65 bits per heavy atom. The van der Waals surface area contributed by atoms with Crippen LogP contribution in [-0.4, -0.2) is 6.61 Å². The van der Waals surface area contributed by atoms with E-state index >= 15 is 0 Å². The van der Waals surface area contributed by atoms with E-state index in [4.69, 9.17) is 32.7 Å². The van der Waals surface area contributed by atoms with Gasteiger partial charge in [-0.1, -0.05) is 41.4 Å². The molecule has 0 spiro atoms. The third-order valence-corrected chi connectivity index (χ3v) is 5.50. The summed E-state index contributed by atoms with van der Waals surface area (Å²) in [5, 5.41) is 4.49. The summed E-state index contributed by atoms with van der Waals surface area (Å²) < 4.78 is 25.6. The minimum atomic E-state index is -0.237. The van der Waals surface area contributed by atoms with Crippen LogP contribution in [0.4, 0.5) is 4.39 Å². The minimum absolute atomic E-state index is 0. The molecule has 3 nitrogen and oxygen atoms in total. The highest BCUT2D eigenvalue weighted by molar-refractivity contribution is 9.10. The Kier molecular flexibility index (Phi) is 10.4. The first-order valence-electron chi connectivity index (χ1n) is 9.43. The van der Waals surface area contributed by atoms with Crippen molar-refractivity contribution in [2.75, 3.05) is 6.61 Å². The average Bonchev–Trinajstić information content (AvgIpc) is 2.70. The molecular formula is C23H22BrCl3FNO2. The van der Waals surface area contributed by atoms with E-state index in [1.807, 2.05) is 25.1 Å². The van der Waals surface area contributed by atoms with Gasteiger partial charge in [-0.25, -0.2) is 4.39 Å². The maximum atomic E-state index is 13.0. The topological polar surface area (TPSA) is 30.5 Å². The summed E-state index contributed by atoms with van der Waals surface area (Å²) in [5.41, 5.74) is 2.88. The van der Waals surface area contributed by atoms with Crippen molar-refractivity contribution in [3.8, 4) is 11.5 Å². The summed E-state index contributed by atoms with van der Waals surface area (Å²) >= 11 is 15.8. The first-order valence-corrected chi connectivity index (χ1v) is 11.0. The van der Waals surface area contributed by atoms with Crippen molar-refractivity contribution in [2.45, 2.75) is 26.6 Å². The van der Waals surface area contributed by atoms with Gasteiger partial charge in [0.05, 0.1) is 11.1 Å². The van der Waals surface area contributed by atoms with Gasteiger partial charge in [0.1, 0.15) is 12.4 Å². The molecule has 0 saturated carbocycles. The van der Waals surface area contributed by atoms with Gasteiger partial charge in [0, 0.05) is 28.7 Å². The zero-order chi connectivity index (χ0) is 21.5. The Balaban J connectivity index is 0.00000341. The number of benzene rings is 3. The smallest absolute Gasteiger partial charge is 0.175 e. The van der Waals surface area contributed by atoms with Crippen LogP contribution in [0.2, 0.25) is 10.0 Å². The standard InChI is InChI=1S/C23H21BrCl2FNO2.ClH/c1-2-29-22-10-16(13-28-12-15-3-7-19(27)8-4-15)9-20(24)23(22)30-14-17-5-6-18(25)11-21(17)26;/h3-11,28H,2,12-14H2,1H3;1H. The number of hydrogen-bond donors (Lipinski definition) is 1. The molecule has 0 aromatic heterocycles. The molecule has 0 saturated heterocycles. The van der Waals surface area contributed by atoms with Crippen LogP contribution in [-0.2, 0) is 19.7 Å². The van der Waals surface area contributed by atoms with Crippen LogP contribution in [0.25, 0.3) is 0 Å².